The normalized spacial score (nSPS) is 19.7. The Bertz CT molecular complexity index is 471. The number of hydrogen-bond acceptors (Lipinski definition) is 2. The second-order valence-corrected chi connectivity index (χ2v) is 7.43. The van der Waals surface area contributed by atoms with Gasteiger partial charge in [-0.2, -0.15) is 0 Å². The van der Waals surface area contributed by atoms with Crippen LogP contribution in [0.15, 0.2) is 18.2 Å². The fourth-order valence-electron chi connectivity index (χ4n) is 3.56. The van der Waals surface area contributed by atoms with Gasteiger partial charge in [-0.15, -0.1) is 0 Å². The predicted octanol–water partition coefficient (Wildman–Crippen LogP) is 3.89. The van der Waals surface area contributed by atoms with Gasteiger partial charge >= 0.3 is 0 Å². The molecule has 118 valence electrons. The summed E-state index contributed by atoms with van der Waals surface area (Å²) in [5.74, 6) is 0.611. The minimum absolute atomic E-state index is 0.168. The average Bonchev–Trinajstić information content (AvgIpc) is 2.41. The summed E-state index contributed by atoms with van der Waals surface area (Å²) in [6.45, 7) is 11.7. The molecule has 1 aliphatic rings. The molecule has 1 unspecified atom stereocenters. The number of piperidine rings is 1. The third kappa shape index (κ3) is 3.83. The van der Waals surface area contributed by atoms with Gasteiger partial charge in [0.2, 0.25) is 0 Å². The Labute approximate surface area is 128 Å². The van der Waals surface area contributed by atoms with Crippen LogP contribution in [0.2, 0.25) is 0 Å². The summed E-state index contributed by atoms with van der Waals surface area (Å²) in [6.07, 6.45) is 2.44. The van der Waals surface area contributed by atoms with Crippen LogP contribution in [0.5, 0.6) is 0 Å². The van der Waals surface area contributed by atoms with Crippen molar-refractivity contribution in [1.29, 1.82) is 0 Å². The van der Waals surface area contributed by atoms with Crippen LogP contribution < -0.4 is 5.73 Å². The fourth-order valence-corrected chi connectivity index (χ4v) is 3.56. The van der Waals surface area contributed by atoms with Gasteiger partial charge in [-0.3, -0.25) is 4.90 Å². The number of nitrogens with two attached hydrogens (primary N) is 1. The Hall–Kier alpha value is -0.930. The summed E-state index contributed by atoms with van der Waals surface area (Å²) >= 11 is 0. The molecule has 2 N–H and O–H groups in total. The van der Waals surface area contributed by atoms with E-state index < -0.39 is 0 Å². The van der Waals surface area contributed by atoms with Crippen molar-refractivity contribution in [3.05, 3.63) is 35.1 Å². The smallest absolute Gasteiger partial charge is 0.123 e. The lowest BCUT2D eigenvalue weighted by Crippen LogP contribution is -2.42. The maximum Gasteiger partial charge on any atom is 0.123 e. The second-order valence-electron chi connectivity index (χ2n) is 7.43. The third-order valence-corrected chi connectivity index (χ3v) is 5.01. The highest BCUT2D eigenvalue weighted by Gasteiger charge is 2.31. The van der Waals surface area contributed by atoms with E-state index in [1.807, 2.05) is 13.0 Å². The molecule has 1 aromatic rings. The van der Waals surface area contributed by atoms with Crippen LogP contribution in [0.4, 0.5) is 4.39 Å². The molecule has 0 amide bonds. The van der Waals surface area contributed by atoms with Crippen molar-refractivity contribution in [1.82, 2.24) is 4.90 Å². The van der Waals surface area contributed by atoms with Gasteiger partial charge in [0.05, 0.1) is 0 Å². The molecule has 2 rings (SSSR count). The summed E-state index contributed by atoms with van der Waals surface area (Å²) in [5.41, 5.74) is 8.59. The molecule has 0 bridgehead atoms. The van der Waals surface area contributed by atoms with Crippen LogP contribution >= 0.6 is 0 Å². The van der Waals surface area contributed by atoms with Gasteiger partial charge in [0.15, 0.2) is 0 Å². The van der Waals surface area contributed by atoms with Gasteiger partial charge in [-0.05, 0) is 67.4 Å². The number of nitrogens with zero attached hydrogens (tertiary/aromatic N) is 1. The molecule has 1 fully saturated rings. The summed E-state index contributed by atoms with van der Waals surface area (Å²) < 4.78 is 13.3. The van der Waals surface area contributed by atoms with Crippen LogP contribution in [0.25, 0.3) is 0 Å². The van der Waals surface area contributed by atoms with Gasteiger partial charge in [0.1, 0.15) is 5.82 Å². The first-order valence-electron chi connectivity index (χ1n) is 8.03. The molecule has 0 radical (unpaired) electrons. The largest absolute Gasteiger partial charge is 0.329 e. The Morgan fingerprint density at radius 1 is 1.29 bits per heavy atom. The Kier molecular flexibility index (Phi) is 5.05. The van der Waals surface area contributed by atoms with E-state index in [2.05, 4.69) is 25.7 Å². The van der Waals surface area contributed by atoms with Crippen molar-refractivity contribution in [2.75, 3.05) is 19.6 Å². The molecule has 0 saturated carbocycles. The van der Waals surface area contributed by atoms with Crippen LogP contribution in [0.1, 0.15) is 50.8 Å². The van der Waals surface area contributed by atoms with Crippen molar-refractivity contribution >= 4 is 0 Å². The van der Waals surface area contributed by atoms with Crippen LogP contribution in [0.3, 0.4) is 0 Å². The van der Waals surface area contributed by atoms with Crippen molar-refractivity contribution < 1.29 is 4.39 Å². The Balaban J connectivity index is 2.09. The number of rotatable bonds is 3. The number of halogens is 1. The van der Waals surface area contributed by atoms with E-state index in [1.54, 1.807) is 12.1 Å². The SMILES string of the molecule is Cc1cc(F)ccc1C(CN)N1CCC(C(C)(C)C)CC1. The number of aryl methyl sites for hydroxylation is 1. The standard InChI is InChI=1S/C18H29FN2/c1-13-11-15(19)5-6-16(13)17(12-20)21-9-7-14(8-10-21)18(2,3)4/h5-6,11,14,17H,7-10,12,20H2,1-4H3. The molecule has 1 heterocycles. The molecule has 3 heteroatoms. The first-order chi connectivity index (χ1) is 9.82. The highest BCUT2D eigenvalue weighted by Crippen LogP contribution is 2.36. The molecule has 0 spiro atoms. The van der Waals surface area contributed by atoms with Gasteiger partial charge in [-0.1, -0.05) is 26.8 Å². The van der Waals surface area contributed by atoms with Crippen molar-refractivity contribution in [2.45, 2.75) is 46.6 Å². The van der Waals surface area contributed by atoms with E-state index in [0.29, 0.717) is 12.0 Å². The highest BCUT2D eigenvalue weighted by atomic mass is 19.1. The van der Waals surface area contributed by atoms with Crippen molar-refractivity contribution in [2.24, 2.45) is 17.1 Å². The molecule has 21 heavy (non-hydrogen) atoms. The zero-order valence-electron chi connectivity index (χ0n) is 13.8. The van der Waals surface area contributed by atoms with Gasteiger partial charge < -0.3 is 5.73 Å². The Morgan fingerprint density at radius 2 is 1.90 bits per heavy atom. The lowest BCUT2D eigenvalue weighted by molar-refractivity contribution is 0.0844. The summed E-state index contributed by atoms with van der Waals surface area (Å²) in [4.78, 5) is 2.47. The van der Waals surface area contributed by atoms with Gasteiger partial charge in [0.25, 0.3) is 0 Å². The quantitative estimate of drug-likeness (QED) is 0.915. The molecule has 1 atom stereocenters. The third-order valence-electron chi connectivity index (χ3n) is 5.01. The van der Waals surface area contributed by atoms with Crippen molar-refractivity contribution in [3.63, 3.8) is 0 Å². The number of likely N-dealkylation sites (tertiary alicyclic amines) is 1. The van der Waals surface area contributed by atoms with Gasteiger partial charge in [-0.25, -0.2) is 4.39 Å². The molecule has 1 aliphatic heterocycles. The van der Waals surface area contributed by atoms with E-state index in [9.17, 15) is 4.39 Å². The Morgan fingerprint density at radius 3 is 2.38 bits per heavy atom. The summed E-state index contributed by atoms with van der Waals surface area (Å²) in [5, 5.41) is 0. The molecular weight excluding hydrogens is 263 g/mol. The zero-order valence-corrected chi connectivity index (χ0v) is 13.8. The maximum atomic E-state index is 13.3. The van der Waals surface area contributed by atoms with E-state index in [-0.39, 0.29) is 11.9 Å². The first kappa shape index (κ1) is 16.4. The minimum Gasteiger partial charge on any atom is -0.329 e. The van der Waals surface area contributed by atoms with E-state index >= 15 is 0 Å². The lowest BCUT2D eigenvalue weighted by atomic mass is 9.75. The minimum atomic E-state index is -0.168. The van der Waals surface area contributed by atoms with E-state index in [1.165, 1.54) is 18.4 Å². The lowest BCUT2D eigenvalue weighted by Gasteiger charge is -2.42. The van der Waals surface area contributed by atoms with Crippen LogP contribution in [-0.4, -0.2) is 24.5 Å². The van der Waals surface area contributed by atoms with Crippen LogP contribution in [-0.2, 0) is 0 Å². The zero-order chi connectivity index (χ0) is 15.6. The second kappa shape index (κ2) is 6.45. The molecule has 1 saturated heterocycles. The average molecular weight is 292 g/mol. The first-order valence-corrected chi connectivity index (χ1v) is 8.03. The number of benzene rings is 1. The van der Waals surface area contributed by atoms with Gasteiger partial charge in [0, 0.05) is 12.6 Å². The predicted molar refractivity (Wildman–Crippen MR) is 86.7 cm³/mol. The van der Waals surface area contributed by atoms with E-state index in [0.717, 1.165) is 24.6 Å². The fraction of sp³-hybridized carbons (Fsp3) is 0.667. The summed E-state index contributed by atoms with van der Waals surface area (Å²) in [6, 6.07) is 5.27. The summed E-state index contributed by atoms with van der Waals surface area (Å²) in [7, 11) is 0. The topological polar surface area (TPSA) is 29.3 Å². The molecule has 0 aliphatic carbocycles. The highest BCUT2D eigenvalue weighted by molar-refractivity contribution is 5.30. The molecular formula is C18H29FN2. The monoisotopic (exact) mass is 292 g/mol. The van der Waals surface area contributed by atoms with Crippen molar-refractivity contribution in [3.8, 4) is 0 Å². The maximum absolute atomic E-state index is 13.3. The molecule has 0 aromatic heterocycles. The molecule has 1 aromatic carbocycles. The van der Waals surface area contributed by atoms with E-state index in [4.69, 9.17) is 5.73 Å². The number of hydrogen-bond donors (Lipinski definition) is 1. The molecule has 2 nitrogen and oxygen atoms in total. The van der Waals surface area contributed by atoms with Crippen LogP contribution in [0, 0.1) is 24.1 Å².